The molecule has 8 nitrogen and oxygen atoms in total. The second-order valence-electron chi connectivity index (χ2n) is 6.03. The van der Waals surface area contributed by atoms with Crippen molar-refractivity contribution in [3.8, 4) is 17.4 Å². The molecule has 0 radical (unpaired) electrons. The fourth-order valence-electron chi connectivity index (χ4n) is 2.16. The highest BCUT2D eigenvalue weighted by molar-refractivity contribution is 6.18. The summed E-state index contributed by atoms with van der Waals surface area (Å²) in [4.78, 5) is 26.4. The Labute approximate surface area is 186 Å². The molecule has 12 heteroatoms. The number of alkyl carbamates (subject to hydrolysis) is 1. The maximum atomic E-state index is 12.5. The van der Waals surface area contributed by atoms with Gasteiger partial charge in [0.05, 0.1) is 31.0 Å². The molecular weight excluding hydrogens is 457 g/mol. The van der Waals surface area contributed by atoms with Gasteiger partial charge in [0.1, 0.15) is 24.7 Å². The third kappa shape index (κ3) is 9.29. The van der Waals surface area contributed by atoms with Gasteiger partial charge in [-0.05, 0) is 30.3 Å². The van der Waals surface area contributed by atoms with Gasteiger partial charge >= 0.3 is 18.2 Å². The molecule has 0 unspecified atom stereocenters. The lowest BCUT2D eigenvalue weighted by atomic mass is 10.3. The molecule has 32 heavy (non-hydrogen) atoms. The van der Waals surface area contributed by atoms with Crippen LogP contribution in [0, 0.1) is 0 Å². The van der Waals surface area contributed by atoms with Crippen molar-refractivity contribution < 1.29 is 41.7 Å². The SMILES string of the molecule is O=C(CCOc1ccc(Oc2ccc(C(F)(F)F)cn2)cc1)OCCNC(=O)OCCCl. The summed E-state index contributed by atoms with van der Waals surface area (Å²) in [7, 11) is 0. The lowest BCUT2D eigenvalue weighted by molar-refractivity contribution is -0.144. The third-order valence-electron chi connectivity index (χ3n) is 3.63. The van der Waals surface area contributed by atoms with E-state index in [2.05, 4.69) is 15.0 Å². The van der Waals surface area contributed by atoms with Crippen LogP contribution in [0.15, 0.2) is 42.6 Å². The number of benzene rings is 1. The fourth-order valence-corrected chi connectivity index (χ4v) is 2.23. The molecule has 0 fully saturated rings. The number of pyridine rings is 1. The van der Waals surface area contributed by atoms with Crippen molar-refractivity contribution in [3.05, 3.63) is 48.2 Å². The monoisotopic (exact) mass is 476 g/mol. The zero-order chi connectivity index (χ0) is 23.4. The van der Waals surface area contributed by atoms with Crippen LogP contribution >= 0.6 is 11.6 Å². The third-order valence-corrected chi connectivity index (χ3v) is 3.78. The summed E-state index contributed by atoms with van der Waals surface area (Å²) in [6.07, 6.45) is -4.43. The molecular formula is C20H20ClF3N2O6. The molecule has 0 bridgehead atoms. The minimum Gasteiger partial charge on any atom is -0.493 e. The van der Waals surface area contributed by atoms with E-state index in [0.717, 1.165) is 12.1 Å². The Kier molecular flexibility index (Phi) is 9.86. The van der Waals surface area contributed by atoms with E-state index >= 15 is 0 Å². The van der Waals surface area contributed by atoms with Crippen molar-refractivity contribution in [1.82, 2.24) is 10.3 Å². The second kappa shape index (κ2) is 12.6. The molecule has 174 valence electrons. The standard InChI is InChI=1S/C20H20ClF3N2O6/c21-8-11-31-19(28)25-9-12-30-18(27)7-10-29-15-2-4-16(5-3-15)32-17-6-1-14(13-26-17)20(22,23)24/h1-6,13H,7-12H2,(H,25,28). The van der Waals surface area contributed by atoms with Gasteiger partial charge in [-0.3, -0.25) is 4.79 Å². The van der Waals surface area contributed by atoms with Gasteiger partial charge < -0.3 is 24.3 Å². The van der Waals surface area contributed by atoms with E-state index in [1.54, 1.807) is 24.3 Å². The number of hydrogen-bond donors (Lipinski definition) is 1. The van der Waals surface area contributed by atoms with Crippen LogP contribution in [-0.2, 0) is 20.4 Å². The van der Waals surface area contributed by atoms with Gasteiger partial charge in [-0.15, -0.1) is 11.6 Å². The molecule has 0 saturated carbocycles. The Balaban J connectivity index is 1.65. The van der Waals surface area contributed by atoms with Crippen molar-refractivity contribution in [2.75, 3.05) is 32.2 Å². The number of carbonyl (C=O) groups excluding carboxylic acids is 2. The summed E-state index contributed by atoms with van der Waals surface area (Å²) >= 11 is 5.37. The first-order valence-electron chi connectivity index (χ1n) is 9.34. The highest BCUT2D eigenvalue weighted by Gasteiger charge is 2.30. The summed E-state index contributed by atoms with van der Waals surface area (Å²) in [5.74, 6) is 0.495. The second-order valence-corrected chi connectivity index (χ2v) is 6.40. The van der Waals surface area contributed by atoms with Crippen molar-refractivity contribution >= 4 is 23.7 Å². The predicted molar refractivity (Wildman–Crippen MR) is 107 cm³/mol. The molecule has 0 atom stereocenters. The van der Waals surface area contributed by atoms with Crippen molar-refractivity contribution in [2.45, 2.75) is 12.6 Å². The normalized spacial score (nSPS) is 10.9. The molecule has 1 heterocycles. The van der Waals surface area contributed by atoms with E-state index in [-0.39, 0.29) is 44.5 Å². The van der Waals surface area contributed by atoms with Crippen LogP contribution in [0.4, 0.5) is 18.0 Å². The number of rotatable bonds is 11. The van der Waals surface area contributed by atoms with E-state index in [1.165, 1.54) is 0 Å². The maximum Gasteiger partial charge on any atom is 0.417 e. The van der Waals surface area contributed by atoms with E-state index in [9.17, 15) is 22.8 Å². The van der Waals surface area contributed by atoms with Crippen LogP contribution in [0.5, 0.6) is 17.4 Å². The Morgan fingerprint density at radius 3 is 2.31 bits per heavy atom. The number of amides is 1. The average Bonchev–Trinajstić information content (AvgIpc) is 2.76. The first-order chi connectivity index (χ1) is 15.3. The number of ether oxygens (including phenoxy) is 4. The number of nitrogens with zero attached hydrogens (tertiary/aromatic N) is 1. The number of aromatic nitrogens is 1. The van der Waals surface area contributed by atoms with Gasteiger partial charge in [0.25, 0.3) is 0 Å². The van der Waals surface area contributed by atoms with E-state index in [1.807, 2.05) is 0 Å². The molecule has 0 spiro atoms. The number of hydrogen-bond acceptors (Lipinski definition) is 7. The lowest BCUT2D eigenvalue weighted by Gasteiger charge is -2.10. The largest absolute Gasteiger partial charge is 0.493 e. The molecule has 1 aromatic carbocycles. The molecule has 1 aromatic heterocycles. The van der Waals surface area contributed by atoms with Crippen LogP contribution in [0.1, 0.15) is 12.0 Å². The number of halogens is 4. The van der Waals surface area contributed by atoms with Crippen LogP contribution in [0.2, 0.25) is 0 Å². The Morgan fingerprint density at radius 2 is 1.69 bits per heavy atom. The van der Waals surface area contributed by atoms with Gasteiger partial charge in [-0.1, -0.05) is 0 Å². The number of esters is 1. The minimum atomic E-state index is -4.47. The molecule has 0 saturated heterocycles. The van der Waals surface area contributed by atoms with Crippen LogP contribution in [-0.4, -0.2) is 49.3 Å². The zero-order valence-electron chi connectivity index (χ0n) is 16.7. The molecule has 1 N–H and O–H groups in total. The van der Waals surface area contributed by atoms with E-state index < -0.39 is 23.8 Å². The maximum absolute atomic E-state index is 12.5. The quantitative estimate of drug-likeness (QED) is 0.295. The number of alkyl halides is 4. The summed E-state index contributed by atoms with van der Waals surface area (Å²) in [5.41, 5.74) is -0.867. The topological polar surface area (TPSA) is 96.0 Å². The molecule has 2 aromatic rings. The van der Waals surface area contributed by atoms with Gasteiger partial charge in [-0.2, -0.15) is 13.2 Å². The van der Waals surface area contributed by atoms with Crippen LogP contribution < -0.4 is 14.8 Å². The van der Waals surface area contributed by atoms with Crippen molar-refractivity contribution in [2.24, 2.45) is 0 Å². The number of carbonyl (C=O) groups is 2. The fraction of sp³-hybridized carbons (Fsp3) is 0.350. The molecule has 0 aliphatic rings. The highest BCUT2D eigenvalue weighted by Crippen LogP contribution is 2.30. The van der Waals surface area contributed by atoms with Crippen LogP contribution in [0.25, 0.3) is 0 Å². The Morgan fingerprint density at radius 1 is 0.969 bits per heavy atom. The predicted octanol–water partition coefficient (Wildman–Crippen LogP) is 4.17. The van der Waals surface area contributed by atoms with Gasteiger partial charge in [0, 0.05) is 12.3 Å². The summed E-state index contributed by atoms with van der Waals surface area (Å²) in [5, 5.41) is 2.39. The first-order valence-corrected chi connectivity index (χ1v) is 9.87. The van der Waals surface area contributed by atoms with Crippen molar-refractivity contribution in [3.63, 3.8) is 0 Å². The summed E-state index contributed by atoms with van der Waals surface area (Å²) in [6, 6.07) is 8.23. The minimum absolute atomic E-state index is 0.00950. The van der Waals surface area contributed by atoms with E-state index in [0.29, 0.717) is 17.7 Å². The first kappa shape index (κ1) is 25.1. The summed E-state index contributed by atoms with van der Waals surface area (Å²) < 4.78 is 58.0. The molecule has 0 aliphatic carbocycles. The lowest BCUT2D eigenvalue weighted by Crippen LogP contribution is -2.29. The summed E-state index contributed by atoms with van der Waals surface area (Å²) in [6.45, 7) is 0.232. The average molecular weight is 477 g/mol. The zero-order valence-corrected chi connectivity index (χ0v) is 17.4. The van der Waals surface area contributed by atoms with Gasteiger partial charge in [0.15, 0.2) is 0 Å². The Hall–Kier alpha value is -3.21. The molecule has 2 rings (SSSR count). The highest BCUT2D eigenvalue weighted by atomic mass is 35.5. The van der Waals surface area contributed by atoms with Gasteiger partial charge in [-0.25, -0.2) is 9.78 Å². The molecule has 1 amide bonds. The smallest absolute Gasteiger partial charge is 0.417 e. The van der Waals surface area contributed by atoms with Gasteiger partial charge in [0.2, 0.25) is 5.88 Å². The molecule has 0 aliphatic heterocycles. The van der Waals surface area contributed by atoms with Crippen molar-refractivity contribution in [1.29, 1.82) is 0 Å². The van der Waals surface area contributed by atoms with Crippen LogP contribution in [0.3, 0.4) is 0 Å². The van der Waals surface area contributed by atoms with E-state index in [4.69, 9.17) is 25.8 Å². The Bertz CT molecular complexity index is 863. The number of nitrogens with one attached hydrogen (secondary N) is 1.